The molecule has 0 bridgehead atoms. The van der Waals surface area contributed by atoms with Crippen molar-refractivity contribution in [2.75, 3.05) is 24.6 Å². The van der Waals surface area contributed by atoms with Gasteiger partial charge in [-0.3, -0.25) is 10.1 Å². The van der Waals surface area contributed by atoms with E-state index in [0.717, 1.165) is 29.8 Å². The quantitative estimate of drug-likeness (QED) is 0.0879. The van der Waals surface area contributed by atoms with E-state index in [1.807, 2.05) is 42.5 Å². The molecular weight excluding hydrogens is 440 g/mol. The molecule has 3 rings (SSSR count). The Hall–Kier alpha value is -3.93. The molecule has 0 atom stereocenters. The molecule has 0 aromatic heterocycles. The molecule has 0 amide bonds. The first-order chi connectivity index (χ1) is 17.1. The number of anilines is 1. The van der Waals surface area contributed by atoms with Crippen LogP contribution in [0.1, 0.15) is 54.1 Å². The zero-order chi connectivity index (χ0) is 24.9. The predicted octanol–water partition coefficient (Wildman–Crippen LogP) is 7.01. The summed E-state index contributed by atoms with van der Waals surface area (Å²) in [5.74, 6) is -0.303. The molecule has 182 valence electrons. The van der Waals surface area contributed by atoms with Gasteiger partial charge in [-0.1, -0.05) is 68.7 Å². The molecule has 0 radical (unpaired) electrons. The van der Waals surface area contributed by atoms with Crippen LogP contribution in [-0.4, -0.2) is 30.6 Å². The van der Waals surface area contributed by atoms with Gasteiger partial charge in [0.2, 0.25) is 0 Å². The van der Waals surface area contributed by atoms with E-state index in [0.29, 0.717) is 18.7 Å². The molecule has 3 aromatic carbocycles. The molecule has 0 aliphatic carbocycles. The van der Waals surface area contributed by atoms with Crippen molar-refractivity contribution >= 4 is 29.5 Å². The molecule has 0 N–H and O–H groups in total. The molecule has 0 fully saturated rings. The van der Waals surface area contributed by atoms with E-state index < -0.39 is 4.92 Å². The molecule has 0 aliphatic heterocycles. The average Bonchev–Trinajstić information content (AvgIpc) is 2.90. The van der Waals surface area contributed by atoms with Crippen molar-refractivity contribution in [1.29, 1.82) is 0 Å². The molecule has 0 aliphatic rings. The number of hydrogen-bond donors (Lipinski definition) is 0. The molecular formula is C29H32N2O4. The van der Waals surface area contributed by atoms with Crippen molar-refractivity contribution in [3.8, 4) is 0 Å². The minimum Gasteiger partial charge on any atom is -0.460 e. The smallest absolute Gasteiger partial charge is 0.338 e. The standard InChI is InChI=1S/C29H32N2O4/c1-2-3-4-8-21-30(22-23-35-29(32)26-9-6-5-7-10-26)27-17-13-24(14-18-27)11-12-25-15-19-28(20-16-25)31(33)34/h5-7,9-20H,2-4,8,21-23H2,1H3/b12-11+. The predicted molar refractivity (Wildman–Crippen MR) is 142 cm³/mol. The number of carbonyl (C=O) groups excluding carboxylic acids is 1. The van der Waals surface area contributed by atoms with E-state index in [9.17, 15) is 14.9 Å². The highest BCUT2D eigenvalue weighted by Gasteiger charge is 2.10. The van der Waals surface area contributed by atoms with Gasteiger partial charge in [-0.05, 0) is 53.9 Å². The van der Waals surface area contributed by atoms with Crippen molar-refractivity contribution < 1.29 is 14.5 Å². The maximum absolute atomic E-state index is 12.3. The second kappa shape index (κ2) is 13.7. The molecule has 0 heterocycles. The number of rotatable bonds is 13. The highest BCUT2D eigenvalue weighted by Crippen LogP contribution is 2.19. The van der Waals surface area contributed by atoms with Crippen LogP contribution in [0.15, 0.2) is 78.9 Å². The van der Waals surface area contributed by atoms with Crippen LogP contribution in [0.3, 0.4) is 0 Å². The van der Waals surface area contributed by atoms with Crippen LogP contribution in [0.4, 0.5) is 11.4 Å². The molecule has 0 saturated carbocycles. The number of benzene rings is 3. The maximum Gasteiger partial charge on any atom is 0.338 e. The van der Waals surface area contributed by atoms with Gasteiger partial charge in [0, 0.05) is 24.4 Å². The number of unbranched alkanes of at least 4 members (excludes halogenated alkanes) is 3. The van der Waals surface area contributed by atoms with Crippen molar-refractivity contribution in [2.45, 2.75) is 32.6 Å². The number of ether oxygens (including phenoxy) is 1. The first-order valence-electron chi connectivity index (χ1n) is 12.1. The molecule has 3 aromatic rings. The summed E-state index contributed by atoms with van der Waals surface area (Å²) in [4.78, 5) is 24.9. The zero-order valence-electron chi connectivity index (χ0n) is 20.1. The lowest BCUT2D eigenvalue weighted by atomic mass is 10.1. The number of non-ortho nitro benzene ring substituents is 1. The van der Waals surface area contributed by atoms with E-state index in [1.165, 1.54) is 31.4 Å². The number of nitro groups is 1. The summed E-state index contributed by atoms with van der Waals surface area (Å²) < 4.78 is 5.51. The summed E-state index contributed by atoms with van der Waals surface area (Å²) in [6, 6.07) is 23.8. The normalized spacial score (nSPS) is 10.9. The van der Waals surface area contributed by atoms with Gasteiger partial charge in [0.1, 0.15) is 6.61 Å². The van der Waals surface area contributed by atoms with Crippen LogP contribution >= 0.6 is 0 Å². The summed E-state index contributed by atoms with van der Waals surface area (Å²) in [5, 5.41) is 10.8. The monoisotopic (exact) mass is 472 g/mol. The number of hydrogen-bond acceptors (Lipinski definition) is 5. The minimum absolute atomic E-state index is 0.0833. The lowest BCUT2D eigenvalue weighted by Gasteiger charge is -2.25. The Morgan fingerprint density at radius 2 is 1.49 bits per heavy atom. The Morgan fingerprint density at radius 3 is 2.09 bits per heavy atom. The fraction of sp³-hybridized carbons (Fsp3) is 0.276. The second-order valence-electron chi connectivity index (χ2n) is 8.32. The van der Waals surface area contributed by atoms with Crippen molar-refractivity contribution in [3.63, 3.8) is 0 Å². The Balaban J connectivity index is 1.60. The molecule has 6 nitrogen and oxygen atoms in total. The average molecular weight is 473 g/mol. The van der Waals surface area contributed by atoms with E-state index in [-0.39, 0.29) is 11.7 Å². The van der Waals surface area contributed by atoms with Crippen LogP contribution in [0.25, 0.3) is 12.2 Å². The van der Waals surface area contributed by atoms with Gasteiger partial charge < -0.3 is 9.64 Å². The fourth-order valence-corrected chi connectivity index (χ4v) is 3.70. The molecule has 0 unspecified atom stereocenters. The SMILES string of the molecule is CCCCCCN(CCOC(=O)c1ccccc1)c1ccc(/C=C/c2ccc([N+](=O)[O-])cc2)cc1. The van der Waals surface area contributed by atoms with E-state index in [4.69, 9.17) is 4.74 Å². The fourth-order valence-electron chi connectivity index (χ4n) is 3.70. The molecule has 35 heavy (non-hydrogen) atoms. The number of esters is 1. The Kier molecular flexibility index (Phi) is 10.1. The van der Waals surface area contributed by atoms with Crippen molar-refractivity contribution in [1.82, 2.24) is 0 Å². The maximum atomic E-state index is 12.3. The van der Waals surface area contributed by atoms with Gasteiger partial charge >= 0.3 is 5.97 Å². The van der Waals surface area contributed by atoms with Gasteiger partial charge in [0.15, 0.2) is 0 Å². The van der Waals surface area contributed by atoms with Crippen molar-refractivity contribution in [2.24, 2.45) is 0 Å². The third-order valence-electron chi connectivity index (χ3n) is 5.72. The minimum atomic E-state index is -0.400. The Bertz CT molecular complexity index is 1090. The van der Waals surface area contributed by atoms with Gasteiger partial charge in [0.25, 0.3) is 5.69 Å². The lowest BCUT2D eigenvalue weighted by Crippen LogP contribution is -2.29. The van der Waals surface area contributed by atoms with Crippen LogP contribution in [0, 0.1) is 10.1 Å². The topological polar surface area (TPSA) is 72.7 Å². The molecule has 0 spiro atoms. The van der Waals surface area contributed by atoms with Crippen LogP contribution < -0.4 is 4.90 Å². The molecule has 6 heteroatoms. The largest absolute Gasteiger partial charge is 0.460 e. The summed E-state index contributed by atoms with van der Waals surface area (Å²) in [5.41, 5.74) is 3.67. The summed E-state index contributed by atoms with van der Waals surface area (Å²) in [6.45, 7) is 4.05. The lowest BCUT2D eigenvalue weighted by molar-refractivity contribution is -0.384. The second-order valence-corrected chi connectivity index (χ2v) is 8.32. The van der Waals surface area contributed by atoms with E-state index in [1.54, 1.807) is 24.3 Å². The third kappa shape index (κ3) is 8.41. The zero-order valence-corrected chi connectivity index (χ0v) is 20.1. The highest BCUT2D eigenvalue weighted by molar-refractivity contribution is 5.89. The summed E-state index contributed by atoms with van der Waals surface area (Å²) in [6.07, 6.45) is 8.57. The number of nitro benzene ring substituents is 1. The van der Waals surface area contributed by atoms with E-state index >= 15 is 0 Å². The van der Waals surface area contributed by atoms with Gasteiger partial charge in [-0.25, -0.2) is 4.79 Å². The number of carbonyl (C=O) groups is 1. The van der Waals surface area contributed by atoms with Crippen molar-refractivity contribution in [3.05, 3.63) is 106 Å². The van der Waals surface area contributed by atoms with E-state index in [2.05, 4.69) is 24.0 Å². The first kappa shape index (κ1) is 25.7. The highest BCUT2D eigenvalue weighted by atomic mass is 16.6. The third-order valence-corrected chi connectivity index (χ3v) is 5.72. The van der Waals surface area contributed by atoms with Gasteiger partial charge in [-0.15, -0.1) is 0 Å². The Morgan fingerprint density at radius 1 is 0.857 bits per heavy atom. The van der Waals surface area contributed by atoms with Crippen LogP contribution in [0.2, 0.25) is 0 Å². The van der Waals surface area contributed by atoms with Gasteiger partial charge in [0.05, 0.1) is 17.0 Å². The van der Waals surface area contributed by atoms with Gasteiger partial charge in [-0.2, -0.15) is 0 Å². The van der Waals surface area contributed by atoms with Crippen LogP contribution in [-0.2, 0) is 4.74 Å². The molecule has 0 saturated heterocycles. The Labute approximate surface area is 207 Å². The summed E-state index contributed by atoms with van der Waals surface area (Å²) in [7, 11) is 0. The first-order valence-corrected chi connectivity index (χ1v) is 12.1. The van der Waals surface area contributed by atoms with Crippen LogP contribution in [0.5, 0.6) is 0 Å². The summed E-state index contributed by atoms with van der Waals surface area (Å²) >= 11 is 0. The number of nitrogens with zero attached hydrogens (tertiary/aromatic N) is 2.